The van der Waals surface area contributed by atoms with E-state index in [9.17, 15) is 9.18 Å². The van der Waals surface area contributed by atoms with Crippen LogP contribution in [0.1, 0.15) is 18.4 Å². The van der Waals surface area contributed by atoms with Crippen LogP contribution < -0.4 is 5.32 Å². The third-order valence-electron chi connectivity index (χ3n) is 4.67. The maximum atomic E-state index is 13.1. The number of likely N-dealkylation sites (tertiary alicyclic amines) is 1. The van der Waals surface area contributed by atoms with Gasteiger partial charge in [-0.15, -0.1) is 0 Å². The summed E-state index contributed by atoms with van der Waals surface area (Å²) in [5, 5.41) is 7.30. The highest BCUT2D eigenvalue weighted by atomic mass is 19.1. The number of hydrogen-bond acceptors (Lipinski definition) is 3. The molecule has 1 aromatic heterocycles. The second kappa shape index (κ2) is 8.31. The lowest BCUT2D eigenvalue weighted by Crippen LogP contribution is -2.39. The Bertz CT molecular complexity index is 728. The van der Waals surface area contributed by atoms with Crippen LogP contribution in [0.4, 0.5) is 15.0 Å². The first kappa shape index (κ1) is 18.4. The predicted molar refractivity (Wildman–Crippen MR) is 99.6 cm³/mol. The molecule has 1 fully saturated rings. The fourth-order valence-corrected chi connectivity index (χ4v) is 3.24. The Morgan fingerprint density at radius 2 is 2.08 bits per heavy atom. The highest BCUT2D eigenvalue weighted by molar-refractivity contribution is 5.88. The molecule has 0 saturated carbocycles. The minimum atomic E-state index is -0.236. The van der Waals surface area contributed by atoms with Crippen molar-refractivity contribution in [3.63, 3.8) is 0 Å². The minimum Gasteiger partial charge on any atom is -0.321 e. The number of aromatic nitrogens is 2. The van der Waals surface area contributed by atoms with Crippen LogP contribution in [0.25, 0.3) is 0 Å². The fourth-order valence-electron chi connectivity index (χ4n) is 3.24. The number of nitrogens with one attached hydrogen (secondary N) is 1. The zero-order chi connectivity index (χ0) is 18.5. The van der Waals surface area contributed by atoms with Gasteiger partial charge in [0.15, 0.2) is 5.82 Å². The Kier molecular flexibility index (Phi) is 5.88. The molecule has 0 spiro atoms. The highest BCUT2D eigenvalue weighted by Gasteiger charge is 2.29. The number of carbonyl (C=O) groups is 1. The zero-order valence-corrected chi connectivity index (χ0v) is 15.4. The Hall–Kier alpha value is -2.41. The largest absolute Gasteiger partial charge is 0.323 e. The molecule has 140 valence electrons. The van der Waals surface area contributed by atoms with Crippen molar-refractivity contribution in [1.29, 1.82) is 0 Å². The summed E-state index contributed by atoms with van der Waals surface area (Å²) in [6.07, 6.45) is 4.56. The van der Waals surface area contributed by atoms with E-state index >= 15 is 0 Å². The molecule has 7 heteroatoms. The van der Waals surface area contributed by atoms with Gasteiger partial charge in [0, 0.05) is 31.4 Å². The topological polar surface area (TPSA) is 53.4 Å². The summed E-state index contributed by atoms with van der Waals surface area (Å²) in [7, 11) is 4.03. The van der Waals surface area contributed by atoms with Crippen LogP contribution in [0.2, 0.25) is 0 Å². The lowest BCUT2D eigenvalue weighted by molar-refractivity contribution is 0.206. The quantitative estimate of drug-likeness (QED) is 0.863. The van der Waals surface area contributed by atoms with Crippen molar-refractivity contribution in [3.05, 3.63) is 47.9 Å². The maximum Gasteiger partial charge on any atom is 0.323 e. The molecule has 26 heavy (non-hydrogen) atoms. The minimum absolute atomic E-state index is 0.118. The molecule has 6 nitrogen and oxygen atoms in total. The second-order valence-electron chi connectivity index (χ2n) is 7.02. The molecule has 2 aromatic rings. The van der Waals surface area contributed by atoms with Gasteiger partial charge in [-0.05, 0) is 51.1 Å². The molecule has 1 aliphatic rings. The van der Waals surface area contributed by atoms with E-state index in [0.717, 1.165) is 44.5 Å². The van der Waals surface area contributed by atoms with Gasteiger partial charge < -0.3 is 9.80 Å². The molecule has 0 aliphatic carbocycles. The number of benzene rings is 1. The number of carbonyl (C=O) groups excluding carboxylic acids is 1. The van der Waals surface area contributed by atoms with Gasteiger partial charge in [0.1, 0.15) is 5.82 Å². The van der Waals surface area contributed by atoms with Gasteiger partial charge in [0.05, 0.1) is 6.54 Å². The van der Waals surface area contributed by atoms with Gasteiger partial charge in [-0.2, -0.15) is 5.10 Å². The molecule has 2 amide bonds. The van der Waals surface area contributed by atoms with Crippen LogP contribution >= 0.6 is 0 Å². The summed E-state index contributed by atoms with van der Waals surface area (Å²) < 4.78 is 14.9. The summed E-state index contributed by atoms with van der Waals surface area (Å²) in [5.74, 6) is 0.334. The van der Waals surface area contributed by atoms with Crippen molar-refractivity contribution in [2.45, 2.75) is 31.8 Å². The van der Waals surface area contributed by atoms with Crippen molar-refractivity contribution in [2.24, 2.45) is 0 Å². The average molecular weight is 359 g/mol. The van der Waals surface area contributed by atoms with E-state index in [1.54, 1.807) is 12.1 Å². The number of rotatable bonds is 6. The van der Waals surface area contributed by atoms with Gasteiger partial charge in [0.2, 0.25) is 0 Å². The average Bonchev–Trinajstić information content (AvgIpc) is 3.24. The molecule has 1 atom stereocenters. The monoisotopic (exact) mass is 359 g/mol. The van der Waals surface area contributed by atoms with Crippen molar-refractivity contribution in [1.82, 2.24) is 19.6 Å². The first-order valence-electron chi connectivity index (χ1n) is 9.01. The Labute approximate surface area is 153 Å². The number of likely N-dealkylation sites (N-methyl/N-ethyl adjacent to an activating group) is 1. The summed E-state index contributed by atoms with van der Waals surface area (Å²) >= 11 is 0. The fraction of sp³-hybridized carbons (Fsp3) is 0.474. The number of anilines is 1. The molecule has 0 radical (unpaired) electrons. The van der Waals surface area contributed by atoms with E-state index in [4.69, 9.17) is 0 Å². The molecule has 0 unspecified atom stereocenters. The Morgan fingerprint density at radius 1 is 1.31 bits per heavy atom. The van der Waals surface area contributed by atoms with E-state index in [2.05, 4.69) is 15.3 Å². The second-order valence-corrected chi connectivity index (χ2v) is 7.02. The Balaban J connectivity index is 1.57. The summed E-state index contributed by atoms with van der Waals surface area (Å²) in [4.78, 5) is 16.6. The molecule has 3 rings (SSSR count). The number of halogens is 1. The Morgan fingerprint density at radius 3 is 2.81 bits per heavy atom. The highest BCUT2D eigenvalue weighted by Crippen LogP contribution is 2.22. The predicted octanol–water partition coefficient (Wildman–Crippen LogP) is 2.82. The van der Waals surface area contributed by atoms with E-state index in [1.807, 2.05) is 35.9 Å². The SMILES string of the molecule is CN(C)CCn1ccc(NC(=O)N2CCC[C@@H]2Cc2ccc(F)cc2)n1. The van der Waals surface area contributed by atoms with Gasteiger partial charge in [0.25, 0.3) is 0 Å². The number of amides is 2. The maximum absolute atomic E-state index is 13.1. The first-order chi connectivity index (χ1) is 12.5. The first-order valence-corrected chi connectivity index (χ1v) is 9.01. The van der Waals surface area contributed by atoms with Crippen molar-refractivity contribution < 1.29 is 9.18 Å². The van der Waals surface area contributed by atoms with Crippen LogP contribution in [0.3, 0.4) is 0 Å². The van der Waals surface area contributed by atoms with E-state index < -0.39 is 0 Å². The van der Waals surface area contributed by atoms with Crippen LogP contribution in [-0.2, 0) is 13.0 Å². The smallest absolute Gasteiger partial charge is 0.321 e. The van der Waals surface area contributed by atoms with Crippen molar-refractivity contribution in [3.8, 4) is 0 Å². The zero-order valence-electron chi connectivity index (χ0n) is 15.4. The van der Waals surface area contributed by atoms with E-state index in [1.165, 1.54) is 12.1 Å². The van der Waals surface area contributed by atoms with E-state index in [0.29, 0.717) is 5.82 Å². The summed E-state index contributed by atoms with van der Waals surface area (Å²) in [5.41, 5.74) is 1.05. The molecule has 1 aliphatic heterocycles. The van der Waals surface area contributed by atoms with Gasteiger partial charge in [-0.25, -0.2) is 9.18 Å². The van der Waals surface area contributed by atoms with Crippen molar-refractivity contribution >= 4 is 11.8 Å². The molecule has 1 saturated heterocycles. The lowest BCUT2D eigenvalue weighted by Gasteiger charge is -2.24. The van der Waals surface area contributed by atoms with Gasteiger partial charge in [-0.1, -0.05) is 12.1 Å². The number of urea groups is 1. The number of nitrogens with zero attached hydrogens (tertiary/aromatic N) is 4. The normalized spacial score (nSPS) is 17.1. The molecule has 2 heterocycles. The van der Waals surface area contributed by atoms with Gasteiger partial charge in [-0.3, -0.25) is 10.00 Å². The lowest BCUT2D eigenvalue weighted by atomic mass is 10.0. The number of hydrogen-bond donors (Lipinski definition) is 1. The standard InChI is InChI=1S/C19H26FN5O/c1-23(2)12-13-24-11-9-18(22-24)21-19(26)25-10-3-4-17(25)14-15-5-7-16(20)8-6-15/h5-9,11,17H,3-4,10,12-14H2,1-2H3,(H,21,22,26)/t17-/m1/s1. The summed E-state index contributed by atoms with van der Waals surface area (Å²) in [6.45, 7) is 2.40. The molecule has 1 N–H and O–H groups in total. The van der Waals surface area contributed by atoms with Crippen molar-refractivity contribution in [2.75, 3.05) is 32.5 Å². The van der Waals surface area contributed by atoms with Crippen LogP contribution in [-0.4, -0.2) is 58.8 Å². The van der Waals surface area contributed by atoms with E-state index in [-0.39, 0.29) is 17.9 Å². The van der Waals surface area contributed by atoms with Gasteiger partial charge >= 0.3 is 6.03 Å². The third kappa shape index (κ3) is 4.82. The third-order valence-corrected chi connectivity index (χ3v) is 4.67. The molecular weight excluding hydrogens is 333 g/mol. The van der Waals surface area contributed by atoms with Crippen LogP contribution in [0.5, 0.6) is 0 Å². The van der Waals surface area contributed by atoms with Crippen LogP contribution in [0.15, 0.2) is 36.5 Å². The van der Waals surface area contributed by atoms with Crippen LogP contribution in [0, 0.1) is 5.82 Å². The summed E-state index contributed by atoms with van der Waals surface area (Å²) in [6, 6.07) is 8.35. The molecular formula is C19H26FN5O. The molecule has 1 aromatic carbocycles. The molecule has 0 bridgehead atoms.